The Morgan fingerprint density at radius 2 is 2.06 bits per heavy atom. The first kappa shape index (κ1) is 22.1. The monoisotopic (exact) mass is 469 g/mol. The normalized spacial score (nSPS) is 22.6. The third-order valence-electron chi connectivity index (χ3n) is 6.82. The maximum Gasteiger partial charge on any atom is 0.232 e. The number of anilines is 2. The van der Waals surface area contributed by atoms with Crippen molar-refractivity contribution in [2.24, 2.45) is 12.8 Å². The van der Waals surface area contributed by atoms with E-state index in [0.29, 0.717) is 24.3 Å². The summed E-state index contributed by atoms with van der Waals surface area (Å²) in [5.41, 5.74) is 7.55. The zero-order valence-electron chi connectivity index (χ0n) is 19.4. The average Bonchev–Trinajstić information content (AvgIpc) is 3.44. The number of amides is 1. The number of fused-ring (bicyclic) bond motifs is 3. The summed E-state index contributed by atoms with van der Waals surface area (Å²) >= 11 is 1.68. The van der Waals surface area contributed by atoms with Crippen LogP contribution in [0, 0.1) is 0 Å². The molecule has 1 atom stereocenters. The molecule has 33 heavy (non-hydrogen) atoms. The van der Waals surface area contributed by atoms with Crippen molar-refractivity contribution in [1.29, 1.82) is 0 Å². The number of ether oxygens (including phenoxy) is 1. The molecule has 2 aliphatic rings. The van der Waals surface area contributed by atoms with Crippen LogP contribution in [-0.4, -0.2) is 56.8 Å². The number of nitrogens with zero attached hydrogens (tertiary/aromatic N) is 5. The minimum atomic E-state index is -0.271. The van der Waals surface area contributed by atoms with Gasteiger partial charge in [0.05, 0.1) is 17.3 Å². The molecule has 1 amide bonds. The Balaban J connectivity index is 1.50. The maximum absolute atomic E-state index is 11.7. The Morgan fingerprint density at radius 1 is 1.27 bits per heavy atom. The summed E-state index contributed by atoms with van der Waals surface area (Å²) in [6.45, 7) is 0. The zero-order valence-corrected chi connectivity index (χ0v) is 20.2. The van der Waals surface area contributed by atoms with Crippen LogP contribution in [0.3, 0.4) is 0 Å². The van der Waals surface area contributed by atoms with Crippen molar-refractivity contribution in [2.45, 2.75) is 63.0 Å². The number of rotatable bonds is 7. The van der Waals surface area contributed by atoms with Gasteiger partial charge in [-0.25, -0.2) is 4.98 Å². The second kappa shape index (κ2) is 8.90. The molecule has 0 bridgehead atoms. The molecule has 3 aromatic rings. The molecule has 10 heteroatoms. The van der Waals surface area contributed by atoms with Crippen LogP contribution in [0.4, 0.5) is 11.6 Å². The van der Waals surface area contributed by atoms with Gasteiger partial charge in [0.25, 0.3) is 0 Å². The summed E-state index contributed by atoms with van der Waals surface area (Å²) in [6.07, 6.45) is 10.2. The van der Waals surface area contributed by atoms with Gasteiger partial charge in [0.2, 0.25) is 17.7 Å². The molecule has 1 fully saturated rings. The molecule has 5 rings (SSSR count). The van der Waals surface area contributed by atoms with Gasteiger partial charge in [0.15, 0.2) is 0 Å². The first-order chi connectivity index (χ1) is 15.9. The highest BCUT2D eigenvalue weighted by atomic mass is 32.1. The van der Waals surface area contributed by atoms with E-state index in [0.717, 1.165) is 54.4 Å². The molecule has 9 nitrogen and oxygen atoms in total. The van der Waals surface area contributed by atoms with E-state index in [-0.39, 0.29) is 17.9 Å². The minimum absolute atomic E-state index is 0.110. The number of aromatic nitrogens is 4. The number of carbonyl (C=O) groups excluding carboxylic acids is 1. The van der Waals surface area contributed by atoms with Crippen molar-refractivity contribution in [3.8, 4) is 5.88 Å². The Hall–Kier alpha value is -2.72. The van der Waals surface area contributed by atoms with Crippen molar-refractivity contribution >= 4 is 39.1 Å². The number of nitrogens with two attached hydrogens (primary N) is 1. The molecule has 176 valence electrons. The van der Waals surface area contributed by atoms with E-state index in [1.165, 1.54) is 10.4 Å². The van der Waals surface area contributed by atoms with Crippen LogP contribution >= 0.6 is 11.3 Å². The van der Waals surface area contributed by atoms with E-state index in [2.05, 4.69) is 29.4 Å². The van der Waals surface area contributed by atoms with Gasteiger partial charge < -0.3 is 20.7 Å². The van der Waals surface area contributed by atoms with Crippen LogP contribution in [0.5, 0.6) is 5.88 Å². The Morgan fingerprint density at radius 3 is 2.73 bits per heavy atom. The molecule has 0 aliphatic heterocycles. The lowest BCUT2D eigenvalue weighted by molar-refractivity contribution is -0.118. The number of aryl methyl sites for hydroxylation is 2. The van der Waals surface area contributed by atoms with Gasteiger partial charge >= 0.3 is 0 Å². The van der Waals surface area contributed by atoms with E-state index >= 15 is 0 Å². The molecule has 3 N–H and O–H groups in total. The molecule has 2 aliphatic carbocycles. The fourth-order valence-corrected chi connectivity index (χ4v) is 6.41. The molecular formula is C23H31N7O2S. The molecule has 0 radical (unpaired) electrons. The summed E-state index contributed by atoms with van der Waals surface area (Å²) < 4.78 is 8.31. The van der Waals surface area contributed by atoms with Gasteiger partial charge in [-0.3, -0.25) is 9.48 Å². The lowest BCUT2D eigenvalue weighted by atomic mass is 9.92. The van der Waals surface area contributed by atoms with E-state index in [9.17, 15) is 4.79 Å². The summed E-state index contributed by atoms with van der Waals surface area (Å²) in [6, 6.07) is 0.600. The van der Waals surface area contributed by atoms with Gasteiger partial charge in [-0.15, -0.1) is 11.3 Å². The standard InChI is InChI=1S/C23H31N7O2S/c1-29(2)15-5-7-16(8-6-15)32-21-20-19-13(10-18(24)31)4-9-17(19)33-22(20)28-23(27-21)26-14-11-25-30(3)12-14/h11-13,15-16H,4-10H2,1-3H3,(H2,24,31)(H,26,27,28)/t13-,15-,16-/m1/s1. The number of carbonyl (C=O) groups is 1. The molecule has 0 saturated heterocycles. The molecular weight excluding hydrogens is 438 g/mol. The molecule has 3 aromatic heterocycles. The predicted molar refractivity (Wildman–Crippen MR) is 129 cm³/mol. The van der Waals surface area contributed by atoms with E-state index < -0.39 is 0 Å². The first-order valence-corrected chi connectivity index (χ1v) is 12.4. The minimum Gasteiger partial charge on any atom is -0.474 e. The molecule has 0 spiro atoms. The van der Waals surface area contributed by atoms with Crippen molar-refractivity contribution in [1.82, 2.24) is 24.6 Å². The predicted octanol–water partition coefficient (Wildman–Crippen LogP) is 3.33. The number of hydrogen-bond acceptors (Lipinski definition) is 8. The topological polar surface area (TPSA) is 111 Å². The lowest BCUT2D eigenvalue weighted by Gasteiger charge is -2.32. The van der Waals surface area contributed by atoms with Crippen LogP contribution in [0.1, 0.15) is 54.9 Å². The van der Waals surface area contributed by atoms with Crippen molar-refractivity contribution in [3.63, 3.8) is 0 Å². The summed E-state index contributed by atoms with van der Waals surface area (Å²) in [4.78, 5) is 25.8. The van der Waals surface area contributed by atoms with Gasteiger partial charge in [-0.1, -0.05) is 0 Å². The van der Waals surface area contributed by atoms with Crippen LogP contribution in [0.15, 0.2) is 12.4 Å². The van der Waals surface area contributed by atoms with Gasteiger partial charge in [0.1, 0.15) is 10.9 Å². The number of nitrogens with one attached hydrogen (secondary N) is 1. The molecule has 0 aromatic carbocycles. The fraction of sp³-hybridized carbons (Fsp3) is 0.565. The van der Waals surface area contributed by atoms with Crippen LogP contribution in [0.2, 0.25) is 0 Å². The second-order valence-corrected chi connectivity index (χ2v) is 10.5. The zero-order chi connectivity index (χ0) is 23.1. The largest absolute Gasteiger partial charge is 0.474 e. The van der Waals surface area contributed by atoms with E-state index in [1.807, 2.05) is 13.2 Å². The first-order valence-electron chi connectivity index (χ1n) is 11.6. The summed E-state index contributed by atoms with van der Waals surface area (Å²) in [5.74, 6) is 0.957. The fourth-order valence-electron chi connectivity index (χ4n) is 5.14. The molecule has 0 unspecified atom stereocenters. The van der Waals surface area contributed by atoms with Gasteiger partial charge in [-0.2, -0.15) is 10.1 Å². The smallest absolute Gasteiger partial charge is 0.232 e. The number of thiophene rings is 1. The third-order valence-corrected chi connectivity index (χ3v) is 7.98. The quantitative estimate of drug-likeness (QED) is 0.546. The highest BCUT2D eigenvalue weighted by molar-refractivity contribution is 7.19. The lowest BCUT2D eigenvalue weighted by Crippen LogP contribution is -2.35. The van der Waals surface area contributed by atoms with Crippen LogP contribution in [0.25, 0.3) is 10.2 Å². The highest BCUT2D eigenvalue weighted by Crippen LogP contribution is 2.48. The van der Waals surface area contributed by atoms with E-state index in [4.69, 9.17) is 20.4 Å². The Bertz CT molecular complexity index is 1160. The third kappa shape index (κ3) is 4.54. The van der Waals surface area contributed by atoms with Crippen LogP contribution in [-0.2, 0) is 18.3 Å². The maximum atomic E-state index is 11.7. The molecule has 1 saturated carbocycles. The Labute approximate surface area is 197 Å². The molecule has 3 heterocycles. The Kier molecular flexibility index (Phi) is 5.96. The average molecular weight is 470 g/mol. The number of primary amides is 1. The van der Waals surface area contributed by atoms with Crippen LogP contribution < -0.4 is 15.8 Å². The summed E-state index contributed by atoms with van der Waals surface area (Å²) in [5, 5.41) is 8.44. The van der Waals surface area contributed by atoms with Crippen molar-refractivity contribution < 1.29 is 9.53 Å². The van der Waals surface area contributed by atoms with Gasteiger partial charge in [-0.05, 0) is 64.1 Å². The number of hydrogen-bond donors (Lipinski definition) is 2. The van der Waals surface area contributed by atoms with Crippen molar-refractivity contribution in [3.05, 3.63) is 22.8 Å². The van der Waals surface area contributed by atoms with E-state index in [1.54, 1.807) is 22.2 Å². The summed E-state index contributed by atoms with van der Waals surface area (Å²) in [7, 11) is 6.16. The second-order valence-electron chi connectivity index (χ2n) is 9.42. The van der Waals surface area contributed by atoms with Gasteiger partial charge in [0, 0.05) is 30.6 Å². The highest BCUT2D eigenvalue weighted by Gasteiger charge is 2.33. The SMILES string of the molecule is Cn1cc(Nc2nc(O[C@H]3CC[C@H](N(C)C)CC3)c3c4c(sc3n2)CC[C@@H]4CC(N)=O)cn1. The van der Waals surface area contributed by atoms with Crippen molar-refractivity contribution in [2.75, 3.05) is 19.4 Å².